The first-order valence-electron chi connectivity index (χ1n) is 5.78. The molecule has 1 aromatic rings. The third kappa shape index (κ3) is 4.57. The van der Waals surface area contributed by atoms with Gasteiger partial charge in [-0.05, 0) is 33.5 Å². The molecule has 0 spiro atoms. The van der Waals surface area contributed by atoms with E-state index >= 15 is 0 Å². The molecule has 94 valence electrons. The van der Waals surface area contributed by atoms with Crippen LogP contribution in [0.3, 0.4) is 0 Å². The van der Waals surface area contributed by atoms with Crippen LogP contribution in [0.4, 0.5) is 0 Å². The van der Waals surface area contributed by atoms with Crippen LogP contribution in [0.1, 0.15) is 19.4 Å². The summed E-state index contributed by atoms with van der Waals surface area (Å²) in [5.74, 6) is -0.157. The van der Waals surface area contributed by atoms with Crippen LogP contribution in [0.25, 0.3) is 0 Å². The van der Waals surface area contributed by atoms with E-state index in [0.29, 0.717) is 13.2 Å². The van der Waals surface area contributed by atoms with E-state index < -0.39 is 5.41 Å². The van der Waals surface area contributed by atoms with Crippen LogP contribution in [-0.2, 0) is 16.1 Å². The fourth-order valence-electron chi connectivity index (χ4n) is 1.77. The molecule has 0 aliphatic heterocycles. The van der Waals surface area contributed by atoms with Crippen LogP contribution in [-0.4, -0.2) is 31.5 Å². The van der Waals surface area contributed by atoms with Crippen molar-refractivity contribution in [2.24, 2.45) is 5.41 Å². The molecular formula is C14H21NO2. The summed E-state index contributed by atoms with van der Waals surface area (Å²) in [6.45, 7) is 4.83. The Kier molecular flexibility index (Phi) is 4.70. The van der Waals surface area contributed by atoms with Gasteiger partial charge in [-0.1, -0.05) is 30.3 Å². The summed E-state index contributed by atoms with van der Waals surface area (Å²) >= 11 is 0. The number of hydrogen-bond donors (Lipinski definition) is 0. The molecule has 0 saturated heterocycles. The highest BCUT2D eigenvalue weighted by atomic mass is 16.5. The molecule has 3 heteroatoms. The molecule has 0 aliphatic rings. The smallest absolute Gasteiger partial charge is 0.313 e. The van der Waals surface area contributed by atoms with Crippen LogP contribution in [0, 0.1) is 5.41 Å². The van der Waals surface area contributed by atoms with Crippen molar-refractivity contribution in [3.05, 3.63) is 35.9 Å². The molecule has 0 unspecified atom stereocenters. The molecule has 1 aromatic carbocycles. The first-order valence-corrected chi connectivity index (χ1v) is 5.78. The van der Waals surface area contributed by atoms with Gasteiger partial charge in [-0.2, -0.15) is 0 Å². The second-order valence-electron chi connectivity index (χ2n) is 5.18. The van der Waals surface area contributed by atoms with Crippen molar-refractivity contribution in [1.82, 2.24) is 4.90 Å². The van der Waals surface area contributed by atoms with E-state index in [4.69, 9.17) is 4.74 Å². The zero-order valence-electron chi connectivity index (χ0n) is 11.1. The van der Waals surface area contributed by atoms with Gasteiger partial charge in [0.05, 0.1) is 5.41 Å². The lowest BCUT2D eigenvalue weighted by Crippen LogP contribution is -2.36. The van der Waals surface area contributed by atoms with Crippen molar-refractivity contribution < 1.29 is 9.53 Å². The second kappa shape index (κ2) is 5.82. The number of benzene rings is 1. The third-order valence-corrected chi connectivity index (χ3v) is 2.48. The Morgan fingerprint density at radius 1 is 1.24 bits per heavy atom. The summed E-state index contributed by atoms with van der Waals surface area (Å²) in [4.78, 5) is 13.9. The molecule has 0 N–H and O–H groups in total. The number of rotatable bonds is 5. The summed E-state index contributed by atoms with van der Waals surface area (Å²) in [7, 11) is 3.90. The van der Waals surface area contributed by atoms with Crippen LogP contribution in [0.5, 0.6) is 0 Å². The SMILES string of the molecule is CN(C)CC(C)(C)C(=O)OCc1ccccc1. The van der Waals surface area contributed by atoms with Gasteiger partial charge in [0.15, 0.2) is 0 Å². The summed E-state index contributed by atoms with van der Waals surface area (Å²) < 4.78 is 5.33. The van der Waals surface area contributed by atoms with Crippen LogP contribution < -0.4 is 0 Å². The van der Waals surface area contributed by atoms with Crippen molar-refractivity contribution >= 4 is 5.97 Å². The fraction of sp³-hybridized carbons (Fsp3) is 0.500. The molecule has 0 radical (unpaired) electrons. The normalized spacial score (nSPS) is 11.6. The maximum atomic E-state index is 11.9. The molecule has 0 aromatic heterocycles. The second-order valence-corrected chi connectivity index (χ2v) is 5.18. The zero-order chi connectivity index (χ0) is 12.9. The average Bonchev–Trinajstić information content (AvgIpc) is 2.25. The maximum Gasteiger partial charge on any atom is 0.313 e. The molecule has 0 fully saturated rings. The first kappa shape index (κ1) is 13.7. The molecule has 17 heavy (non-hydrogen) atoms. The molecule has 0 atom stereocenters. The number of nitrogens with zero attached hydrogens (tertiary/aromatic N) is 1. The summed E-state index contributed by atoms with van der Waals surface area (Å²) in [5, 5.41) is 0. The van der Waals surface area contributed by atoms with E-state index in [2.05, 4.69) is 0 Å². The minimum absolute atomic E-state index is 0.157. The van der Waals surface area contributed by atoms with Gasteiger partial charge in [0.1, 0.15) is 6.61 Å². The Morgan fingerprint density at radius 2 is 1.82 bits per heavy atom. The summed E-state index contributed by atoms with van der Waals surface area (Å²) in [5.41, 5.74) is 0.541. The van der Waals surface area contributed by atoms with E-state index in [-0.39, 0.29) is 5.97 Å². The molecular weight excluding hydrogens is 214 g/mol. The van der Waals surface area contributed by atoms with Gasteiger partial charge in [-0.15, -0.1) is 0 Å². The van der Waals surface area contributed by atoms with E-state index in [1.54, 1.807) is 0 Å². The Morgan fingerprint density at radius 3 is 2.35 bits per heavy atom. The molecule has 0 heterocycles. The van der Waals surface area contributed by atoms with Crippen molar-refractivity contribution in [2.75, 3.05) is 20.6 Å². The van der Waals surface area contributed by atoms with E-state index in [1.807, 2.05) is 63.2 Å². The van der Waals surface area contributed by atoms with E-state index in [1.165, 1.54) is 0 Å². The number of carbonyl (C=O) groups is 1. The number of esters is 1. The predicted molar refractivity (Wildman–Crippen MR) is 68.6 cm³/mol. The Bertz CT molecular complexity index is 358. The highest BCUT2D eigenvalue weighted by Gasteiger charge is 2.29. The highest BCUT2D eigenvalue weighted by Crippen LogP contribution is 2.19. The van der Waals surface area contributed by atoms with Gasteiger partial charge in [-0.3, -0.25) is 4.79 Å². The minimum Gasteiger partial charge on any atom is -0.460 e. The maximum absolute atomic E-state index is 11.9. The lowest BCUT2D eigenvalue weighted by molar-refractivity contribution is -0.156. The largest absolute Gasteiger partial charge is 0.460 e. The van der Waals surface area contributed by atoms with Crippen molar-refractivity contribution in [3.8, 4) is 0 Å². The van der Waals surface area contributed by atoms with Crippen LogP contribution >= 0.6 is 0 Å². The van der Waals surface area contributed by atoms with E-state index in [9.17, 15) is 4.79 Å². The Balaban J connectivity index is 2.49. The Hall–Kier alpha value is -1.35. The lowest BCUT2D eigenvalue weighted by Gasteiger charge is -2.26. The van der Waals surface area contributed by atoms with Gasteiger partial charge in [-0.25, -0.2) is 0 Å². The lowest BCUT2D eigenvalue weighted by atomic mass is 9.93. The molecule has 0 amide bonds. The van der Waals surface area contributed by atoms with Crippen LogP contribution in [0.15, 0.2) is 30.3 Å². The molecule has 1 rings (SSSR count). The Labute approximate surface area is 103 Å². The van der Waals surface area contributed by atoms with Crippen molar-refractivity contribution in [2.45, 2.75) is 20.5 Å². The van der Waals surface area contributed by atoms with Crippen molar-refractivity contribution in [1.29, 1.82) is 0 Å². The topological polar surface area (TPSA) is 29.5 Å². The average molecular weight is 235 g/mol. The third-order valence-electron chi connectivity index (χ3n) is 2.48. The molecule has 0 saturated carbocycles. The summed E-state index contributed by atoms with van der Waals surface area (Å²) in [6.07, 6.45) is 0. The fourth-order valence-corrected chi connectivity index (χ4v) is 1.77. The van der Waals surface area contributed by atoms with Crippen molar-refractivity contribution in [3.63, 3.8) is 0 Å². The number of ether oxygens (including phenoxy) is 1. The molecule has 0 bridgehead atoms. The number of hydrogen-bond acceptors (Lipinski definition) is 3. The zero-order valence-corrected chi connectivity index (χ0v) is 11.1. The summed E-state index contributed by atoms with van der Waals surface area (Å²) in [6, 6.07) is 9.72. The molecule has 0 aliphatic carbocycles. The monoisotopic (exact) mass is 235 g/mol. The van der Waals surface area contributed by atoms with Crippen LogP contribution in [0.2, 0.25) is 0 Å². The van der Waals surface area contributed by atoms with Gasteiger partial charge in [0, 0.05) is 6.54 Å². The minimum atomic E-state index is -0.474. The number of carbonyl (C=O) groups excluding carboxylic acids is 1. The van der Waals surface area contributed by atoms with Gasteiger partial charge in [0.2, 0.25) is 0 Å². The van der Waals surface area contributed by atoms with Gasteiger partial charge >= 0.3 is 5.97 Å². The predicted octanol–water partition coefficient (Wildman–Crippen LogP) is 2.32. The van der Waals surface area contributed by atoms with Gasteiger partial charge < -0.3 is 9.64 Å². The first-order chi connectivity index (χ1) is 7.92. The van der Waals surface area contributed by atoms with Gasteiger partial charge in [0.25, 0.3) is 0 Å². The standard InChI is InChI=1S/C14H21NO2/c1-14(2,11-15(3)4)13(16)17-10-12-8-6-5-7-9-12/h5-9H,10-11H2,1-4H3. The molecule has 3 nitrogen and oxygen atoms in total. The highest BCUT2D eigenvalue weighted by molar-refractivity contribution is 5.76. The quantitative estimate of drug-likeness (QED) is 0.734. The van der Waals surface area contributed by atoms with E-state index in [0.717, 1.165) is 5.56 Å².